The number of rotatable bonds is 9. The minimum atomic E-state index is -0.913. The van der Waals surface area contributed by atoms with Crippen LogP contribution < -0.4 is 16.0 Å². The topological polar surface area (TPSA) is 134 Å². The maximum absolute atomic E-state index is 13.1. The Kier molecular flexibility index (Phi) is 7.52. The van der Waals surface area contributed by atoms with Crippen molar-refractivity contribution in [3.05, 3.63) is 59.9 Å². The zero-order valence-electron chi connectivity index (χ0n) is 21.3. The quantitative estimate of drug-likeness (QED) is 0.494. The van der Waals surface area contributed by atoms with Crippen LogP contribution in [0.15, 0.2) is 53.8 Å². The molecule has 2 atom stereocenters. The van der Waals surface area contributed by atoms with Gasteiger partial charge in [-0.1, -0.05) is 24.3 Å². The largest absolute Gasteiger partial charge is 0.404 e. The Morgan fingerprint density at radius 2 is 2.18 bits per heavy atom. The van der Waals surface area contributed by atoms with Crippen molar-refractivity contribution in [1.29, 1.82) is 5.26 Å². The number of aliphatic imine (C=N–C) groups is 1. The molecule has 1 aromatic heterocycles. The molecule has 3 aliphatic rings. The van der Waals surface area contributed by atoms with Gasteiger partial charge in [-0.25, -0.2) is 4.98 Å². The number of nitrogens with zero attached hydrogens (tertiary/aromatic N) is 4. The fraction of sp³-hybridized carbons (Fsp3) is 0.414. The van der Waals surface area contributed by atoms with E-state index in [9.17, 15) is 14.9 Å². The second kappa shape index (κ2) is 11.2. The number of hydrogen-bond donors (Lipinski definition) is 2. The van der Waals surface area contributed by atoms with E-state index in [0.29, 0.717) is 31.0 Å². The molecular weight excluding hydrogens is 480 g/mol. The first-order valence-corrected chi connectivity index (χ1v) is 13.1. The molecule has 9 heteroatoms. The lowest BCUT2D eigenvalue weighted by molar-refractivity contribution is -0.123. The summed E-state index contributed by atoms with van der Waals surface area (Å²) in [6, 6.07) is 13.3. The van der Waals surface area contributed by atoms with E-state index in [0.717, 1.165) is 49.0 Å². The SMILES string of the molecule is N#C[C@@]1(C2CC2)CCN(c2ccnc(NC(=O)Cc3cccc(C(C=NCC4CCCO4)=CN)c3)c2)C1=O. The van der Waals surface area contributed by atoms with Gasteiger partial charge in [-0.2, -0.15) is 5.26 Å². The molecule has 1 unspecified atom stereocenters. The van der Waals surface area contributed by atoms with Crippen molar-refractivity contribution >= 4 is 35.1 Å². The molecule has 3 heterocycles. The highest BCUT2D eigenvalue weighted by atomic mass is 16.5. The first-order chi connectivity index (χ1) is 18.5. The highest BCUT2D eigenvalue weighted by Gasteiger charge is 2.56. The van der Waals surface area contributed by atoms with Gasteiger partial charge in [0.05, 0.1) is 25.1 Å². The van der Waals surface area contributed by atoms with E-state index in [1.165, 1.54) is 6.20 Å². The summed E-state index contributed by atoms with van der Waals surface area (Å²) in [5.74, 6) is 0.144. The lowest BCUT2D eigenvalue weighted by Crippen LogP contribution is -2.35. The fourth-order valence-corrected chi connectivity index (χ4v) is 5.29. The second-order valence-corrected chi connectivity index (χ2v) is 10.1. The van der Waals surface area contributed by atoms with Gasteiger partial charge in [-0.3, -0.25) is 14.6 Å². The first-order valence-electron chi connectivity index (χ1n) is 13.1. The molecule has 1 aromatic carbocycles. The number of aromatic nitrogens is 1. The van der Waals surface area contributed by atoms with Crippen LogP contribution >= 0.6 is 0 Å². The fourth-order valence-electron chi connectivity index (χ4n) is 5.29. The summed E-state index contributed by atoms with van der Waals surface area (Å²) in [7, 11) is 0. The average Bonchev–Trinajstić information content (AvgIpc) is 3.54. The zero-order chi connectivity index (χ0) is 26.5. The van der Waals surface area contributed by atoms with Crippen LogP contribution in [0.4, 0.5) is 11.5 Å². The Labute approximate surface area is 222 Å². The van der Waals surface area contributed by atoms with Crippen molar-refractivity contribution in [1.82, 2.24) is 4.98 Å². The normalized spacial score (nSPS) is 23.7. The molecule has 3 N–H and O–H groups in total. The molecule has 1 aliphatic carbocycles. The number of pyridine rings is 1. The van der Waals surface area contributed by atoms with Gasteiger partial charge in [0.2, 0.25) is 11.8 Å². The number of nitrogens with two attached hydrogens (primary N) is 1. The van der Waals surface area contributed by atoms with Gasteiger partial charge in [0, 0.05) is 49.1 Å². The number of nitrogens with one attached hydrogen (secondary N) is 1. The van der Waals surface area contributed by atoms with Gasteiger partial charge >= 0.3 is 0 Å². The Balaban J connectivity index is 1.21. The number of benzene rings is 1. The zero-order valence-corrected chi connectivity index (χ0v) is 21.3. The first kappa shape index (κ1) is 25.6. The highest BCUT2D eigenvalue weighted by Crippen LogP contribution is 2.51. The van der Waals surface area contributed by atoms with Crippen molar-refractivity contribution in [2.45, 2.75) is 44.6 Å². The monoisotopic (exact) mass is 512 g/mol. The summed E-state index contributed by atoms with van der Waals surface area (Å²) >= 11 is 0. The van der Waals surface area contributed by atoms with Crippen molar-refractivity contribution in [3.8, 4) is 6.07 Å². The van der Waals surface area contributed by atoms with E-state index in [1.807, 2.05) is 24.3 Å². The molecule has 9 nitrogen and oxygen atoms in total. The summed E-state index contributed by atoms with van der Waals surface area (Å²) < 4.78 is 5.61. The third-order valence-corrected chi connectivity index (χ3v) is 7.52. The molecule has 196 valence electrons. The summed E-state index contributed by atoms with van der Waals surface area (Å²) in [5, 5.41) is 12.6. The Hall–Kier alpha value is -4.03. The van der Waals surface area contributed by atoms with Gasteiger partial charge in [-0.15, -0.1) is 0 Å². The number of allylic oxidation sites excluding steroid dienone is 1. The van der Waals surface area contributed by atoms with Crippen LogP contribution in [0.5, 0.6) is 0 Å². The molecular formula is C29H32N6O3. The van der Waals surface area contributed by atoms with Crippen molar-refractivity contribution in [3.63, 3.8) is 0 Å². The smallest absolute Gasteiger partial charge is 0.247 e. The number of ether oxygens (including phenoxy) is 1. The van der Waals surface area contributed by atoms with Crippen LogP contribution in [0, 0.1) is 22.7 Å². The number of carbonyl (C=O) groups is 2. The van der Waals surface area contributed by atoms with Crippen LogP contribution in [0.2, 0.25) is 0 Å². The number of amides is 2. The number of carbonyl (C=O) groups excluding carboxylic acids is 2. The van der Waals surface area contributed by atoms with E-state index in [1.54, 1.807) is 29.4 Å². The van der Waals surface area contributed by atoms with Crippen LogP contribution in [-0.2, 0) is 20.7 Å². The minimum absolute atomic E-state index is 0.145. The van der Waals surface area contributed by atoms with E-state index < -0.39 is 5.41 Å². The second-order valence-electron chi connectivity index (χ2n) is 10.1. The maximum Gasteiger partial charge on any atom is 0.247 e. The molecule has 5 rings (SSSR count). The van der Waals surface area contributed by atoms with Gasteiger partial charge < -0.3 is 20.7 Å². The van der Waals surface area contributed by atoms with Gasteiger partial charge in [0.1, 0.15) is 11.2 Å². The molecule has 0 spiro atoms. The highest BCUT2D eigenvalue weighted by molar-refractivity contribution is 6.09. The van der Waals surface area contributed by atoms with Gasteiger partial charge in [0.15, 0.2) is 0 Å². The Morgan fingerprint density at radius 1 is 1.32 bits per heavy atom. The minimum Gasteiger partial charge on any atom is -0.404 e. The molecule has 2 saturated heterocycles. The molecule has 0 radical (unpaired) electrons. The van der Waals surface area contributed by atoms with E-state index >= 15 is 0 Å². The van der Waals surface area contributed by atoms with E-state index in [4.69, 9.17) is 10.5 Å². The van der Waals surface area contributed by atoms with Crippen molar-refractivity contribution < 1.29 is 14.3 Å². The Bertz CT molecular complexity index is 1310. The predicted octanol–water partition coefficient (Wildman–Crippen LogP) is 3.47. The molecule has 3 fully saturated rings. The van der Waals surface area contributed by atoms with Crippen LogP contribution in [0.1, 0.15) is 43.2 Å². The lowest BCUT2D eigenvalue weighted by Gasteiger charge is -2.21. The summed E-state index contributed by atoms with van der Waals surface area (Å²) in [4.78, 5) is 36.4. The van der Waals surface area contributed by atoms with Crippen LogP contribution in [0.25, 0.3) is 5.57 Å². The van der Waals surface area contributed by atoms with E-state index in [-0.39, 0.29) is 30.3 Å². The molecule has 2 aromatic rings. The predicted molar refractivity (Wildman–Crippen MR) is 145 cm³/mol. The van der Waals surface area contributed by atoms with Crippen LogP contribution in [0.3, 0.4) is 0 Å². The van der Waals surface area contributed by atoms with Crippen molar-refractivity contribution in [2.24, 2.45) is 22.1 Å². The summed E-state index contributed by atoms with van der Waals surface area (Å²) in [6.07, 6.45) is 9.63. The third-order valence-electron chi connectivity index (χ3n) is 7.52. The maximum atomic E-state index is 13.1. The third kappa shape index (κ3) is 5.46. The molecule has 1 saturated carbocycles. The summed E-state index contributed by atoms with van der Waals surface area (Å²) in [5.41, 5.74) is 8.05. The van der Waals surface area contributed by atoms with Gasteiger partial charge in [0.25, 0.3) is 0 Å². The Morgan fingerprint density at radius 3 is 2.92 bits per heavy atom. The molecule has 38 heavy (non-hydrogen) atoms. The number of anilines is 2. The molecule has 0 bridgehead atoms. The average molecular weight is 513 g/mol. The molecule has 2 aliphatic heterocycles. The van der Waals surface area contributed by atoms with E-state index in [2.05, 4.69) is 21.4 Å². The number of hydrogen-bond acceptors (Lipinski definition) is 7. The van der Waals surface area contributed by atoms with Gasteiger partial charge in [-0.05, 0) is 55.2 Å². The van der Waals surface area contributed by atoms with Crippen LogP contribution in [-0.4, -0.2) is 48.8 Å². The number of nitriles is 1. The lowest BCUT2D eigenvalue weighted by atomic mass is 9.83. The van der Waals surface area contributed by atoms with Crippen molar-refractivity contribution in [2.75, 3.05) is 29.9 Å². The standard InChI is InChI=1S/C29H32N6O3/c30-16-22(17-32-18-25-5-2-12-38-25)21-4-1-3-20(13-21)14-27(36)34-26-15-24(8-10-33-26)35-11-9-29(19-31,28(35)37)23-6-7-23/h1,3-4,8,10,13,15-17,23,25H,2,5-7,9,11-12,14,18,30H2,(H,33,34,36)/t25?,29-/m1/s1. The molecule has 2 amide bonds. The summed E-state index contributed by atoms with van der Waals surface area (Å²) in [6.45, 7) is 1.88.